The summed E-state index contributed by atoms with van der Waals surface area (Å²) in [7, 11) is 4.80. The predicted octanol–water partition coefficient (Wildman–Crippen LogP) is 4.74. The van der Waals surface area contributed by atoms with Crippen molar-refractivity contribution in [1.82, 2.24) is 9.80 Å². The number of hydrogen-bond donors (Lipinski definition) is 0. The van der Waals surface area contributed by atoms with E-state index in [1.165, 1.54) is 0 Å². The van der Waals surface area contributed by atoms with Gasteiger partial charge in [-0.3, -0.25) is 4.79 Å². The van der Waals surface area contributed by atoms with Crippen LogP contribution in [0, 0.1) is 0 Å². The van der Waals surface area contributed by atoms with Crippen molar-refractivity contribution in [2.24, 2.45) is 4.99 Å². The number of amidine groups is 1. The number of carbonyl (C=O) groups is 1. The standard InChI is InChI=1S/C28H29N3O5/c1-33-20-9-10-23-26(18-20)36-25-8-5-4-7-24(25)29-27(23)30-11-6-12-31(14-13-30)28(32)19-15-21(34-2)17-22(16-19)35-3/h4-5,7-10,15-18H,6,11-14H2,1-3H3. The smallest absolute Gasteiger partial charge is 0.254 e. The molecule has 8 heteroatoms. The zero-order chi connectivity index (χ0) is 25.1. The Labute approximate surface area is 210 Å². The van der Waals surface area contributed by atoms with Gasteiger partial charge in [-0.2, -0.15) is 0 Å². The molecule has 3 aromatic carbocycles. The largest absolute Gasteiger partial charge is 0.497 e. The Balaban J connectivity index is 1.43. The second kappa shape index (κ2) is 10.2. The van der Waals surface area contributed by atoms with Crippen LogP contribution >= 0.6 is 0 Å². The van der Waals surface area contributed by atoms with Gasteiger partial charge in [0.05, 0.1) is 26.9 Å². The third-order valence-electron chi connectivity index (χ3n) is 6.42. The molecule has 1 fully saturated rings. The van der Waals surface area contributed by atoms with Crippen molar-refractivity contribution in [2.75, 3.05) is 47.5 Å². The zero-order valence-electron chi connectivity index (χ0n) is 20.7. The molecular formula is C28H29N3O5. The fourth-order valence-corrected chi connectivity index (χ4v) is 4.51. The van der Waals surface area contributed by atoms with Crippen molar-refractivity contribution in [2.45, 2.75) is 6.42 Å². The number of rotatable bonds is 4. The van der Waals surface area contributed by atoms with E-state index >= 15 is 0 Å². The number of hydrogen-bond acceptors (Lipinski definition) is 7. The van der Waals surface area contributed by atoms with Crippen LogP contribution in [-0.2, 0) is 0 Å². The van der Waals surface area contributed by atoms with Crippen molar-refractivity contribution in [1.29, 1.82) is 0 Å². The molecule has 3 aromatic rings. The number of carbonyl (C=O) groups excluding carboxylic acids is 1. The molecule has 5 rings (SSSR count). The summed E-state index contributed by atoms with van der Waals surface area (Å²) in [4.78, 5) is 22.5. The summed E-state index contributed by atoms with van der Waals surface area (Å²) in [6.07, 6.45) is 0.805. The normalized spacial score (nSPS) is 14.9. The van der Waals surface area contributed by atoms with Crippen molar-refractivity contribution < 1.29 is 23.7 Å². The molecule has 0 atom stereocenters. The molecule has 0 spiro atoms. The summed E-state index contributed by atoms with van der Waals surface area (Å²) in [5.41, 5.74) is 2.21. The Morgan fingerprint density at radius 1 is 0.806 bits per heavy atom. The summed E-state index contributed by atoms with van der Waals surface area (Å²) in [5, 5.41) is 0. The maximum atomic E-state index is 13.4. The predicted molar refractivity (Wildman–Crippen MR) is 137 cm³/mol. The average molecular weight is 488 g/mol. The molecular weight excluding hydrogens is 458 g/mol. The van der Waals surface area contributed by atoms with Crippen molar-refractivity contribution in [3.63, 3.8) is 0 Å². The maximum absolute atomic E-state index is 13.4. The van der Waals surface area contributed by atoms with Crippen LogP contribution in [-0.4, -0.2) is 69.1 Å². The van der Waals surface area contributed by atoms with Gasteiger partial charge in [0.25, 0.3) is 5.91 Å². The Kier molecular flexibility index (Phi) is 6.66. The summed E-state index contributed by atoms with van der Waals surface area (Å²) in [6.45, 7) is 2.60. The lowest BCUT2D eigenvalue weighted by atomic mass is 10.1. The van der Waals surface area contributed by atoms with Crippen LogP contribution in [0.15, 0.2) is 65.7 Å². The van der Waals surface area contributed by atoms with E-state index in [0.717, 1.165) is 30.1 Å². The van der Waals surface area contributed by atoms with Gasteiger partial charge in [-0.1, -0.05) is 12.1 Å². The first kappa shape index (κ1) is 23.5. The van der Waals surface area contributed by atoms with Gasteiger partial charge in [-0.05, 0) is 42.8 Å². The van der Waals surface area contributed by atoms with Crippen LogP contribution in [0.25, 0.3) is 0 Å². The highest BCUT2D eigenvalue weighted by atomic mass is 16.5. The summed E-state index contributed by atoms with van der Waals surface area (Å²) in [6, 6.07) is 18.8. The van der Waals surface area contributed by atoms with Gasteiger partial charge < -0.3 is 28.7 Å². The van der Waals surface area contributed by atoms with Gasteiger partial charge in [0.15, 0.2) is 5.75 Å². The molecule has 0 aliphatic carbocycles. The van der Waals surface area contributed by atoms with Gasteiger partial charge in [-0.25, -0.2) is 4.99 Å². The van der Waals surface area contributed by atoms with E-state index < -0.39 is 0 Å². The summed E-state index contributed by atoms with van der Waals surface area (Å²) < 4.78 is 22.4. The van der Waals surface area contributed by atoms with E-state index in [-0.39, 0.29) is 5.91 Å². The molecule has 1 saturated heterocycles. The first-order valence-electron chi connectivity index (χ1n) is 11.9. The fraction of sp³-hybridized carbons (Fsp3) is 0.286. The molecule has 0 N–H and O–H groups in total. The average Bonchev–Trinajstić information content (AvgIpc) is 3.26. The zero-order valence-corrected chi connectivity index (χ0v) is 20.7. The van der Waals surface area contributed by atoms with E-state index in [9.17, 15) is 4.79 Å². The lowest BCUT2D eigenvalue weighted by molar-refractivity contribution is 0.0763. The quantitative estimate of drug-likeness (QED) is 0.529. The minimum Gasteiger partial charge on any atom is -0.497 e. The Bertz CT molecular complexity index is 1280. The molecule has 186 valence electrons. The summed E-state index contributed by atoms with van der Waals surface area (Å²) in [5.74, 6) is 4.07. The van der Waals surface area contributed by atoms with Gasteiger partial charge in [0.2, 0.25) is 0 Å². The highest BCUT2D eigenvalue weighted by Gasteiger charge is 2.27. The number of aliphatic imine (C=N–C) groups is 1. The second-order valence-corrected chi connectivity index (χ2v) is 8.60. The van der Waals surface area contributed by atoms with Gasteiger partial charge in [0, 0.05) is 43.9 Å². The highest BCUT2D eigenvalue weighted by Crippen LogP contribution is 2.39. The number of benzene rings is 3. The van der Waals surface area contributed by atoms with Gasteiger partial charge in [-0.15, -0.1) is 0 Å². The van der Waals surface area contributed by atoms with Crippen molar-refractivity contribution in [3.05, 3.63) is 71.8 Å². The van der Waals surface area contributed by atoms with Gasteiger partial charge in [0.1, 0.15) is 34.5 Å². The Morgan fingerprint density at radius 3 is 2.31 bits per heavy atom. The van der Waals surface area contributed by atoms with E-state index in [2.05, 4.69) is 4.90 Å². The van der Waals surface area contributed by atoms with E-state index in [0.29, 0.717) is 53.9 Å². The number of para-hydroxylation sites is 2. The van der Waals surface area contributed by atoms with E-state index in [1.54, 1.807) is 39.5 Å². The topological polar surface area (TPSA) is 72.8 Å². The van der Waals surface area contributed by atoms with Crippen LogP contribution in [0.4, 0.5) is 5.69 Å². The molecule has 0 bridgehead atoms. The number of methoxy groups -OCH3 is 3. The third kappa shape index (κ3) is 4.66. The second-order valence-electron chi connectivity index (χ2n) is 8.60. The molecule has 0 aromatic heterocycles. The van der Waals surface area contributed by atoms with E-state index in [4.69, 9.17) is 23.9 Å². The van der Waals surface area contributed by atoms with Crippen LogP contribution in [0.3, 0.4) is 0 Å². The maximum Gasteiger partial charge on any atom is 0.254 e. The van der Waals surface area contributed by atoms with Crippen LogP contribution in [0.1, 0.15) is 22.3 Å². The number of ether oxygens (including phenoxy) is 4. The van der Waals surface area contributed by atoms with Gasteiger partial charge >= 0.3 is 0 Å². The number of fused-ring (bicyclic) bond motifs is 2. The van der Waals surface area contributed by atoms with Crippen molar-refractivity contribution in [3.8, 4) is 28.7 Å². The number of amides is 1. The van der Waals surface area contributed by atoms with Crippen LogP contribution < -0.4 is 18.9 Å². The molecule has 8 nitrogen and oxygen atoms in total. The molecule has 2 aliphatic heterocycles. The molecule has 36 heavy (non-hydrogen) atoms. The monoisotopic (exact) mass is 487 g/mol. The Hall–Kier alpha value is -4.20. The molecule has 0 unspecified atom stereocenters. The lowest BCUT2D eigenvalue weighted by Gasteiger charge is -2.25. The van der Waals surface area contributed by atoms with Crippen LogP contribution in [0.2, 0.25) is 0 Å². The highest BCUT2D eigenvalue weighted by molar-refractivity contribution is 6.04. The third-order valence-corrected chi connectivity index (χ3v) is 6.42. The first-order valence-corrected chi connectivity index (χ1v) is 11.9. The molecule has 1 amide bonds. The van der Waals surface area contributed by atoms with E-state index in [1.807, 2.05) is 47.4 Å². The molecule has 2 heterocycles. The number of nitrogens with zero attached hydrogens (tertiary/aromatic N) is 3. The minimum atomic E-state index is -0.0457. The summed E-state index contributed by atoms with van der Waals surface area (Å²) >= 11 is 0. The van der Waals surface area contributed by atoms with Crippen molar-refractivity contribution >= 4 is 17.4 Å². The Morgan fingerprint density at radius 2 is 1.56 bits per heavy atom. The first-order chi connectivity index (χ1) is 17.6. The fourth-order valence-electron chi connectivity index (χ4n) is 4.51. The minimum absolute atomic E-state index is 0.0457. The molecule has 0 saturated carbocycles. The SMILES string of the molecule is COc1cc(OC)cc(C(=O)N2CCCN(C3=Nc4ccccc4Oc4cc(OC)ccc43)CC2)c1. The van der Waals surface area contributed by atoms with Crippen LogP contribution in [0.5, 0.6) is 28.7 Å². The lowest BCUT2D eigenvalue weighted by Crippen LogP contribution is -2.37. The molecule has 2 aliphatic rings. The molecule has 0 radical (unpaired) electrons.